The lowest BCUT2D eigenvalue weighted by atomic mass is 10.0. The summed E-state index contributed by atoms with van der Waals surface area (Å²) in [5.74, 6) is -0.438. The van der Waals surface area contributed by atoms with Gasteiger partial charge in [0.15, 0.2) is 0 Å². The average Bonchev–Trinajstić information content (AvgIpc) is 2.83. The van der Waals surface area contributed by atoms with E-state index in [0.717, 1.165) is 17.0 Å². The molecule has 1 aromatic carbocycles. The summed E-state index contributed by atoms with van der Waals surface area (Å²) in [4.78, 5) is 32.4. The Morgan fingerprint density at radius 3 is 2.37 bits per heavy atom. The van der Waals surface area contributed by atoms with Crippen LogP contribution in [0.5, 0.6) is 11.5 Å². The number of urea groups is 1. The van der Waals surface area contributed by atoms with Gasteiger partial charge in [0.05, 0.1) is 25.0 Å². The summed E-state index contributed by atoms with van der Waals surface area (Å²) in [6.07, 6.45) is -1.74. The van der Waals surface area contributed by atoms with Crippen molar-refractivity contribution < 1.29 is 32.2 Å². The van der Waals surface area contributed by atoms with Crippen molar-refractivity contribution in [3.05, 3.63) is 48.3 Å². The van der Waals surface area contributed by atoms with E-state index in [9.17, 15) is 22.8 Å². The molecule has 3 rings (SSSR count). The van der Waals surface area contributed by atoms with Crippen molar-refractivity contribution in [1.82, 2.24) is 9.88 Å². The Hall–Kier alpha value is -3.30. The van der Waals surface area contributed by atoms with E-state index in [-0.39, 0.29) is 12.2 Å². The van der Waals surface area contributed by atoms with Crippen molar-refractivity contribution >= 4 is 17.6 Å². The second-order valence-electron chi connectivity index (χ2n) is 7.03. The first kappa shape index (κ1) is 21.4. The number of hydrogen-bond acceptors (Lipinski definition) is 5. The maximum atomic E-state index is 13.1. The third-order valence-electron chi connectivity index (χ3n) is 4.65. The molecule has 1 aliphatic rings. The SMILES string of the molecule is CCOc1cnccc1CN1C(=O)N(c2ccc(OC(F)(F)F)cc2)C(=O)C1(C)C. The Bertz CT molecular complexity index is 945. The number of imide groups is 1. The molecule has 0 N–H and O–H groups in total. The van der Waals surface area contributed by atoms with Crippen LogP contribution in [0.3, 0.4) is 0 Å². The van der Waals surface area contributed by atoms with Crippen LogP contribution >= 0.6 is 0 Å². The summed E-state index contributed by atoms with van der Waals surface area (Å²) in [5, 5.41) is 0. The summed E-state index contributed by atoms with van der Waals surface area (Å²) in [6, 6.07) is 5.67. The number of anilines is 1. The predicted molar refractivity (Wildman–Crippen MR) is 101 cm³/mol. The standard InChI is InChI=1S/C20H20F3N3O4/c1-4-29-16-11-24-10-9-13(16)12-25-18(28)26(17(27)19(25,2)3)14-5-7-15(8-6-14)30-20(21,22)23/h5-11H,4,12H2,1-3H3. The smallest absolute Gasteiger partial charge is 0.492 e. The van der Waals surface area contributed by atoms with E-state index in [1.54, 1.807) is 26.1 Å². The molecule has 0 saturated carbocycles. The minimum atomic E-state index is -4.83. The van der Waals surface area contributed by atoms with E-state index in [2.05, 4.69) is 9.72 Å². The molecule has 0 unspecified atom stereocenters. The Labute approximate surface area is 171 Å². The molecular weight excluding hydrogens is 403 g/mol. The van der Waals surface area contributed by atoms with E-state index in [0.29, 0.717) is 17.9 Å². The molecule has 2 heterocycles. The van der Waals surface area contributed by atoms with Gasteiger partial charge in [-0.3, -0.25) is 9.78 Å². The lowest BCUT2D eigenvalue weighted by molar-refractivity contribution is -0.274. The van der Waals surface area contributed by atoms with Gasteiger partial charge in [-0.2, -0.15) is 0 Å². The van der Waals surface area contributed by atoms with Crippen LogP contribution in [0, 0.1) is 0 Å². The van der Waals surface area contributed by atoms with Gasteiger partial charge in [-0.15, -0.1) is 13.2 Å². The number of hydrogen-bond donors (Lipinski definition) is 0. The molecule has 7 nitrogen and oxygen atoms in total. The lowest BCUT2D eigenvalue weighted by Crippen LogP contribution is -2.43. The second-order valence-corrected chi connectivity index (χ2v) is 7.03. The Morgan fingerprint density at radius 1 is 1.10 bits per heavy atom. The van der Waals surface area contributed by atoms with Crippen LogP contribution in [-0.4, -0.2) is 40.3 Å². The molecule has 0 spiro atoms. The zero-order chi connectivity index (χ0) is 22.1. The molecule has 0 bridgehead atoms. The van der Waals surface area contributed by atoms with Crippen molar-refractivity contribution in [2.45, 2.75) is 39.2 Å². The molecule has 2 aromatic rings. The molecule has 0 atom stereocenters. The molecule has 1 aromatic heterocycles. The molecule has 3 amide bonds. The van der Waals surface area contributed by atoms with Gasteiger partial charge in [0.2, 0.25) is 0 Å². The summed E-state index contributed by atoms with van der Waals surface area (Å²) >= 11 is 0. The number of nitrogens with zero attached hydrogens (tertiary/aromatic N) is 3. The number of aromatic nitrogens is 1. The molecular formula is C20H20F3N3O4. The maximum absolute atomic E-state index is 13.1. The summed E-state index contributed by atoms with van der Waals surface area (Å²) < 4.78 is 46.4. The molecule has 0 aliphatic carbocycles. The molecule has 0 radical (unpaired) electrons. The van der Waals surface area contributed by atoms with E-state index in [4.69, 9.17) is 4.74 Å². The average molecular weight is 423 g/mol. The molecule has 30 heavy (non-hydrogen) atoms. The van der Waals surface area contributed by atoms with Gasteiger partial charge in [0, 0.05) is 11.8 Å². The van der Waals surface area contributed by atoms with Crippen LogP contribution in [0.4, 0.5) is 23.7 Å². The number of alkyl halides is 3. The predicted octanol–water partition coefficient (Wildman–Crippen LogP) is 4.13. The number of carbonyl (C=O) groups excluding carboxylic acids is 2. The van der Waals surface area contributed by atoms with Crippen LogP contribution in [0.2, 0.25) is 0 Å². The highest BCUT2D eigenvalue weighted by Crippen LogP contribution is 2.35. The fourth-order valence-corrected chi connectivity index (χ4v) is 3.12. The Morgan fingerprint density at radius 2 is 1.77 bits per heavy atom. The monoisotopic (exact) mass is 423 g/mol. The van der Waals surface area contributed by atoms with Crippen molar-refractivity contribution in [3.63, 3.8) is 0 Å². The number of halogens is 3. The highest BCUT2D eigenvalue weighted by molar-refractivity contribution is 6.22. The van der Waals surface area contributed by atoms with Gasteiger partial charge in [0.1, 0.15) is 17.0 Å². The third kappa shape index (κ3) is 4.17. The minimum Gasteiger partial charge on any atom is -0.492 e. The van der Waals surface area contributed by atoms with Gasteiger partial charge in [-0.1, -0.05) is 0 Å². The van der Waals surface area contributed by atoms with Crippen molar-refractivity contribution in [2.75, 3.05) is 11.5 Å². The fraction of sp³-hybridized carbons (Fsp3) is 0.350. The van der Waals surface area contributed by atoms with Gasteiger partial charge < -0.3 is 14.4 Å². The molecule has 10 heteroatoms. The summed E-state index contributed by atoms with van der Waals surface area (Å²) in [6.45, 7) is 5.54. The van der Waals surface area contributed by atoms with Gasteiger partial charge >= 0.3 is 12.4 Å². The topological polar surface area (TPSA) is 72.0 Å². The first-order chi connectivity index (χ1) is 14.0. The number of benzene rings is 1. The number of rotatable bonds is 6. The van der Waals surface area contributed by atoms with Crippen molar-refractivity contribution in [3.8, 4) is 11.5 Å². The summed E-state index contributed by atoms with van der Waals surface area (Å²) in [5.41, 5.74) is -0.350. The van der Waals surface area contributed by atoms with Crippen molar-refractivity contribution in [1.29, 1.82) is 0 Å². The maximum Gasteiger partial charge on any atom is 0.573 e. The highest BCUT2D eigenvalue weighted by atomic mass is 19.4. The first-order valence-electron chi connectivity index (χ1n) is 9.12. The third-order valence-corrected chi connectivity index (χ3v) is 4.65. The molecule has 1 aliphatic heterocycles. The molecule has 160 valence electrons. The number of pyridine rings is 1. The van der Waals surface area contributed by atoms with Crippen LogP contribution in [0.25, 0.3) is 0 Å². The molecule has 1 fully saturated rings. The van der Waals surface area contributed by atoms with Crippen LogP contribution in [-0.2, 0) is 11.3 Å². The largest absolute Gasteiger partial charge is 0.573 e. The summed E-state index contributed by atoms with van der Waals surface area (Å²) in [7, 11) is 0. The number of ether oxygens (including phenoxy) is 2. The van der Waals surface area contributed by atoms with E-state index in [1.807, 2.05) is 6.92 Å². The van der Waals surface area contributed by atoms with Gasteiger partial charge in [-0.25, -0.2) is 9.69 Å². The normalized spacial score (nSPS) is 16.2. The quantitative estimate of drug-likeness (QED) is 0.654. The van der Waals surface area contributed by atoms with E-state index in [1.165, 1.54) is 23.2 Å². The lowest BCUT2D eigenvalue weighted by Gasteiger charge is -2.28. The van der Waals surface area contributed by atoms with Crippen molar-refractivity contribution in [2.24, 2.45) is 0 Å². The Balaban J connectivity index is 1.87. The van der Waals surface area contributed by atoms with E-state index >= 15 is 0 Å². The molecule has 1 saturated heterocycles. The fourth-order valence-electron chi connectivity index (χ4n) is 3.12. The van der Waals surface area contributed by atoms with Crippen LogP contribution in [0.1, 0.15) is 26.3 Å². The highest BCUT2D eigenvalue weighted by Gasteiger charge is 2.52. The van der Waals surface area contributed by atoms with Gasteiger partial charge in [-0.05, 0) is 51.1 Å². The number of carbonyl (C=O) groups is 2. The zero-order valence-corrected chi connectivity index (χ0v) is 16.6. The van der Waals surface area contributed by atoms with E-state index < -0.39 is 29.6 Å². The number of amides is 3. The zero-order valence-electron chi connectivity index (χ0n) is 16.6. The second kappa shape index (κ2) is 7.85. The van der Waals surface area contributed by atoms with Crippen LogP contribution < -0.4 is 14.4 Å². The Kier molecular flexibility index (Phi) is 5.60. The minimum absolute atomic E-state index is 0.0984. The van der Waals surface area contributed by atoms with Gasteiger partial charge in [0.25, 0.3) is 5.91 Å². The first-order valence-corrected chi connectivity index (χ1v) is 9.12. The van der Waals surface area contributed by atoms with Crippen LogP contribution in [0.15, 0.2) is 42.7 Å².